The van der Waals surface area contributed by atoms with Crippen molar-refractivity contribution in [1.82, 2.24) is 10.2 Å². The second-order valence-electron chi connectivity index (χ2n) is 8.59. The van der Waals surface area contributed by atoms with Crippen molar-refractivity contribution in [3.63, 3.8) is 0 Å². The maximum absolute atomic E-state index is 12.9. The van der Waals surface area contributed by atoms with E-state index in [0.29, 0.717) is 0 Å². The van der Waals surface area contributed by atoms with Crippen molar-refractivity contribution in [2.24, 2.45) is 0 Å². The number of hydrogen-bond acceptors (Lipinski definition) is 4. The highest BCUT2D eigenvalue weighted by atomic mass is 32.1. The number of piperidine rings is 1. The first-order valence-corrected chi connectivity index (χ1v) is 11.8. The lowest BCUT2D eigenvalue weighted by atomic mass is 9.72. The first-order chi connectivity index (χ1) is 15.2. The highest BCUT2D eigenvalue weighted by molar-refractivity contribution is 7.12. The van der Waals surface area contributed by atoms with E-state index >= 15 is 0 Å². The summed E-state index contributed by atoms with van der Waals surface area (Å²) in [6.07, 6.45) is 1.99. The fraction of sp³-hybridized carbons (Fsp3) is 0.346. The van der Waals surface area contributed by atoms with Gasteiger partial charge in [0.15, 0.2) is 0 Å². The highest BCUT2D eigenvalue weighted by Crippen LogP contribution is 2.52. The van der Waals surface area contributed by atoms with Gasteiger partial charge in [0.05, 0.1) is 17.0 Å². The van der Waals surface area contributed by atoms with Crippen molar-refractivity contribution in [3.05, 3.63) is 93.7 Å². The van der Waals surface area contributed by atoms with Gasteiger partial charge < -0.3 is 10.1 Å². The average Bonchev–Trinajstić information content (AvgIpc) is 3.43. The fourth-order valence-electron chi connectivity index (χ4n) is 5.50. The number of amides is 1. The molecule has 0 saturated carbocycles. The first kappa shape index (κ1) is 20.4. The maximum atomic E-state index is 12.9. The monoisotopic (exact) mass is 432 g/mol. The second kappa shape index (κ2) is 8.58. The molecule has 31 heavy (non-hydrogen) atoms. The predicted octanol–water partition coefficient (Wildman–Crippen LogP) is 4.78. The predicted molar refractivity (Wildman–Crippen MR) is 124 cm³/mol. The minimum Gasteiger partial charge on any atom is -0.378 e. The number of benzene rings is 2. The summed E-state index contributed by atoms with van der Waals surface area (Å²) in [7, 11) is 1.79. The van der Waals surface area contributed by atoms with Crippen LogP contribution in [-0.2, 0) is 16.7 Å². The molecule has 2 aliphatic rings. The van der Waals surface area contributed by atoms with Crippen molar-refractivity contribution < 1.29 is 9.53 Å². The molecule has 1 aliphatic carbocycles. The van der Waals surface area contributed by atoms with E-state index in [4.69, 9.17) is 4.74 Å². The summed E-state index contributed by atoms with van der Waals surface area (Å²) >= 11 is 1.47. The number of carbonyl (C=O) groups is 1. The van der Waals surface area contributed by atoms with Gasteiger partial charge >= 0.3 is 0 Å². The molecule has 0 unspecified atom stereocenters. The molecule has 3 aromatic rings. The number of nitrogens with one attached hydrogen (secondary N) is 1. The molecule has 4 nitrogen and oxygen atoms in total. The number of likely N-dealkylation sites (tertiary alicyclic amines) is 1. The molecule has 2 heterocycles. The average molecular weight is 433 g/mol. The Morgan fingerprint density at radius 1 is 1.06 bits per heavy atom. The van der Waals surface area contributed by atoms with E-state index in [0.717, 1.165) is 37.4 Å². The fourth-order valence-corrected chi connectivity index (χ4v) is 6.12. The number of rotatable bonds is 5. The summed E-state index contributed by atoms with van der Waals surface area (Å²) < 4.78 is 6.14. The molecule has 1 fully saturated rings. The zero-order valence-corrected chi connectivity index (χ0v) is 18.6. The van der Waals surface area contributed by atoms with E-state index in [2.05, 4.69) is 64.8 Å². The number of nitrogens with zero attached hydrogens (tertiary/aromatic N) is 1. The third-order valence-corrected chi connectivity index (χ3v) is 7.83. The van der Waals surface area contributed by atoms with Crippen LogP contribution in [0.5, 0.6) is 0 Å². The Kier molecular flexibility index (Phi) is 5.65. The number of methoxy groups -OCH3 is 1. The van der Waals surface area contributed by atoms with Crippen molar-refractivity contribution in [2.45, 2.75) is 36.9 Å². The lowest BCUT2D eigenvalue weighted by molar-refractivity contribution is -0.0121. The molecule has 5 rings (SSSR count). The van der Waals surface area contributed by atoms with Crippen LogP contribution in [0.15, 0.2) is 72.1 Å². The Balaban J connectivity index is 1.39. The van der Waals surface area contributed by atoms with E-state index in [-0.39, 0.29) is 23.5 Å². The Bertz CT molecular complexity index is 1030. The van der Waals surface area contributed by atoms with Gasteiger partial charge in [0.25, 0.3) is 5.91 Å². The first-order valence-electron chi connectivity index (χ1n) is 10.9. The van der Waals surface area contributed by atoms with Crippen LogP contribution < -0.4 is 5.32 Å². The summed E-state index contributed by atoms with van der Waals surface area (Å²) in [5.74, 6) is -0.0181. The zero-order valence-electron chi connectivity index (χ0n) is 17.8. The van der Waals surface area contributed by atoms with Gasteiger partial charge in [-0.15, -0.1) is 11.3 Å². The molecule has 1 aromatic heterocycles. The van der Waals surface area contributed by atoms with Gasteiger partial charge in [0.2, 0.25) is 0 Å². The zero-order chi connectivity index (χ0) is 21.3. The molecule has 2 atom stereocenters. The summed E-state index contributed by atoms with van der Waals surface area (Å²) in [6.45, 7) is 3.03. The quantitative estimate of drug-likeness (QED) is 0.631. The minimum absolute atomic E-state index is 0.0181. The van der Waals surface area contributed by atoms with E-state index in [9.17, 15) is 4.79 Å². The maximum Gasteiger partial charge on any atom is 0.261 e. The molecule has 160 valence electrons. The standard InChI is InChI=1S/C26H28N2O2S/c1-30-24-23(27-25(29)22-12-7-17-31-22)20-10-5-6-11-21(20)26(24)13-15-28(16-14-26)18-19-8-3-2-4-9-19/h2-12,17,23-24H,13-16,18H2,1H3,(H,27,29)/t23-,24+/m0/s1. The normalized spacial score (nSPS) is 22.4. The van der Waals surface area contributed by atoms with Crippen LogP contribution in [0, 0.1) is 0 Å². The van der Waals surface area contributed by atoms with Crippen LogP contribution in [0.3, 0.4) is 0 Å². The summed E-state index contributed by atoms with van der Waals surface area (Å²) in [6, 6.07) is 22.9. The summed E-state index contributed by atoms with van der Waals surface area (Å²) in [5.41, 5.74) is 3.84. The topological polar surface area (TPSA) is 41.6 Å². The molecular formula is C26H28N2O2S. The van der Waals surface area contributed by atoms with Crippen LogP contribution in [0.2, 0.25) is 0 Å². The highest BCUT2D eigenvalue weighted by Gasteiger charge is 2.53. The van der Waals surface area contributed by atoms with E-state index in [1.165, 1.54) is 28.0 Å². The minimum atomic E-state index is -0.128. The van der Waals surface area contributed by atoms with Crippen molar-refractivity contribution in [2.75, 3.05) is 20.2 Å². The molecule has 1 saturated heterocycles. The third kappa shape index (κ3) is 3.71. The molecule has 1 amide bonds. The van der Waals surface area contributed by atoms with Crippen molar-refractivity contribution >= 4 is 17.2 Å². The van der Waals surface area contributed by atoms with Crippen LogP contribution in [0.4, 0.5) is 0 Å². The van der Waals surface area contributed by atoms with Gasteiger partial charge in [0.1, 0.15) is 0 Å². The molecular weight excluding hydrogens is 404 g/mol. The van der Waals surface area contributed by atoms with Gasteiger partial charge in [-0.2, -0.15) is 0 Å². The number of hydrogen-bond donors (Lipinski definition) is 1. The number of fused-ring (bicyclic) bond motifs is 2. The molecule has 1 aliphatic heterocycles. The number of ether oxygens (including phenoxy) is 1. The van der Waals surface area contributed by atoms with E-state index in [1.807, 2.05) is 17.5 Å². The van der Waals surface area contributed by atoms with Crippen LogP contribution in [0.1, 0.15) is 45.2 Å². The third-order valence-electron chi connectivity index (χ3n) is 6.96. The lowest BCUT2D eigenvalue weighted by Crippen LogP contribution is -2.50. The molecule has 1 spiro atoms. The lowest BCUT2D eigenvalue weighted by Gasteiger charge is -2.44. The Hall–Kier alpha value is -2.47. The van der Waals surface area contributed by atoms with Gasteiger partial charge in [-0.3, -0.25) is 9.69 Å². The molecule has 0 radical (unpaired) electrons. The van der Waals surface area contributed by atoms with Gasteiger partial charge in [-0.1, -0.05) is 60.7 Å². The molecule has 1 N–H and O–H groups in total. The van der Waals surface area contributed by atoms with Crippen LogP contribution in [-0.4, -0.2) is 37.1 Å². The van der Waals surface area contributed by atoms with Gasteiger partial charge in [0, 0.05) is 19.1 Å². The van der Waals surface area contributed by atoms with E-state index < -0.39 is 0 Å². The smallest absolute Gasteiger partial charge is 0.261 e. The van der Waals surface area contributed by atoms with E-state index in [1.54, 1.807) is 7.11 Å². The Morgan fingerprint density at radius 2 is 1.81 bits per heavy atom. The SMILES string of the molecule is CO[C@@H]1[C@@H](NC(=O)c2cccs2)c2ccccc2C12CCN(Cc1ccccc1)CC2. The Labute approximate surface area is 187 Å². The van der Waals surface area contributed by atoms with Crippen molar-refractivity contribution in [1.29, 1.82) is 0 Å². The molecule has 5 heteroatoms. The van der Waals surface area contributed by atoms with Crippen molar-refractivity contribution in [3.8, 4) is 0 Å². The Morgan fingerprint density at radius 3 is 2.52 bits per heavy atom. The second-order valence-corrected chi connectivity index (χ2v) is 9.54. The molecule has 2 aromatic carbocycles. The molecule has 0 bridgehead atoms. The number of thiophene rings is 1. The van der Waals surface area contributed by atoms with Gasteiger partial charge in [-0.05, 0) is 54.1 Å². The van der Waals surface area contributed by atoms with Crippen LogP contribution >= 0.6 is 11.3 Å². The largest absolute Gasteiger partial charge is 0.378 e. The van der Waals surface area contributed by atoms with Gasteiger partial charge in [-0.25, -0.2) is 0 Å². The summed E-state index contributed by atoms with van der Waals surface area (Å²) in [5, 5.41) is 5.23. The van der Waals surface area contributed by atoms with Crippen LogP contribution in [0.25, 0.3) is 0 Å². The summed E-state index contributed by atoms with van der Waals surface area (Å²) in [4.78, 5) is 16.2. The number of carbonyl (C=O) groups excluding carboxylic acids is 1.